The molecule has 1 aliphatic heterocycles. The van der Waals surface area contributed by atoms with Crippen LogP contribution in [0, 0.1) is 23.8 Å². The summed E-state index contributed by atoms with van der Waals surface area (Å²) in [6.45, 7) is 7.32. The van der Waals surface area contributed by atoms with Gasteiger partial charge in [0.1, 0.15) is 8.07 Å². The highest BCUT2D eigenvalue weighted by Crippen LogP contribution is 2.15. The number of terminal acetylenes is 1. The molecule has 2 atom stereocenters. The number of hydrogen-bond acceptors (Lipinski definition) is 2. The first-order valence-corrected chi connectivity index (χ1v) is 9.27. The Labute approximate surface area is 99.7 Å². The molecule has 1 saturated heterocycles. The van der Waals surface area contributed by atoms with Crippen LogP contribution in [0.25, 0.3) is 0 Å². The molecule has 0 aromatic heterocycles. The van der Waals surface area contributed by atoms with Crippen molar-refractivity contribution in [1.82, 2.24) is 0 Å². The minimum absolute atomic E-state index is 0.161. The average molecular weight is 236 g/mol. The fourth-order valence-electron chi connectivity index (χ4n) is 1.37. The van der Waals surface area contributed by atoms with Crippen LogP contribution in [-0.4, -0.2) is 27.1 Å². The van der Waals surface area contributed by atoms with Crippen molar-refractivity contribution in [2.45, 2.75) is 51.3 Å². The van der Waals surface area contributed by atoms with Gasteiger partial charge in [0.25, 0.3) is 0 Å². The molecule has 2 nitrogen and oxygen atoms in total. The molecule has 0 saturated carbocycles. The maximum Gasteiger partial charge on any atom is 0.181 e. The van der Waals surface area contributed by atoms with Crippen molar-refractivity contribution < 1.29 is 9.47 Å². The minimum Gasteiger partial charge on any atom is -0.353 e. The van der Waals surface area contributed by atoms with Crippen molar-refractivity contribution in [2.24, 2.45) is 0 Å². The number of rotatable bonds is 2. The second kappa shape index (κ2) is 6.11. The van der Waals surface area contributed by atoms with Gasteiger partial charge < -0.3 is 9.47 Å². The van der Waals surface area contributed by atoms with E-state index in [9.17, 15) is 0 Å². The van der Waals surface area contributed by atoms with E-state index in [1.54, 1.807) is 0 Å². The first kappa shape index (κ1) is 13.3. The van der Waals surface area contributed by atoms with Crippen LogP contribution in [0.1, 0.15) is 19.3 Å². The first-order chi connectivity index (χ1) is 7.51. The van der Waals surface area contributed by atoms with E-state index in [1.807, 2.05) is 0 Å². The molecule has 16 heavy (non-hydrogen) atoms. The van der Waals surface area contributed by atoms with Crippen molar-refractivity contribution in [2.75, 3.05) is 6.61 Å². The molecule has 0 spiro atoms. The highest BCUT2D eigenvalue weighted by atomic mass is 28.3. The van der Waals surface area contributed by atoms with Gasteiger partial charge in [-0.25, -0.2) is 0 Å². The van der Waals surface area contributed by atoms with Crippen LogP contribution in [0.15, 0.2) is 0 Å². The zero-order chi connectivity index (χ0) is 12.0. The van der Waals surface area contributed by atoms with Crippen molar-refractivity contribution in [1.29, 1.82) is 0 Å². The Balaban J connectivity index is 2.48. The minimum atomic E-state index is -1.38. The Kier molecular flexibility index (Phi) is 5.08. The summed E-state index contributed by atoms with van der Waals surface area (Å²) in [5.41, 5.74) is 3.23. The fourth-order valence-corrected chi connectivity index (χ4v) is 1.93. The molecule has 0 aromatic carbocycles. The Morgan fingerprint density at radius 3 is 2.62 bits per heavy atom. The van der Waals surface area contributed by atoms with Gasteiger partial charge in [0.15, 0.2) is 12.4 Å². The Morgan fingerprint density at radius 1 is 1.38 bits per heavy atom. The van der Waals surface area contributed by atoms with E-state index in [1.165, 1.54) is 0 Å². The van der Waals surface area contributed by atoms with E-state index in [-0.39, 0.29) is 6.29 Å². The first-order valence-electron chi connectivity index (χ1n) is 5.77. The molecule has 0 aromatic rings. The maximum absolute atomic E-state index is 5.63. The van der Waals surface area contributed by atoms with Gasteiger partial charge in [-0.2, -0.15) is 0 Å². The average Bonchev–Trinajstić information content (AvgIpc) is 2.24. The summed E-state index contributed by atoms with van der Waals surface area (Å²) >= 11 is 0. The molecular formula is C13H20O2Si. The molecule has 0 aliphatic carbocycles. The second-order valence-electron chi connectivity index (χ2n) is 5.00. The van der Waals surface area contributed by atoms with Crippen LogP contribution in [0.4, 0.5) is 0 Å². The van der Waals surface area contributed by atoms with Gasteiger partial charge in [-0.3, -0.25) is 0 Å². The quantitative estimate of drug-likeness (QED) is 0.541. The predicted molar refractivity (Wildman–Crippen MR) is 68.4 cm³/mol. The van der Waals surface area contributed by atoms with Crippen LogP contribution >= 0.6 is 0 Å². The van der Waals surface area contributed by atoms with Crippen LogP contribution < -0.4 is 0 Å². The van der Waals surface area contributed by atoms with Crippen LogP contribution in [0.2, 0.25) is 19.6 Å². The second-order valence-corrected chi connectivity index (χ2v) is 9.75. The smallest absolute Gasteiger partial charge is 0.181 e. The molecule has 1 aliphatic rings. The lowest BCUT2D eigenvalue weighted by Crippen LogP contribution is -2.27. The maximum atomic E-state index is 5.63. The Bertz CT molecular complexity index is 308. The SMILES string of the molecule is C#CC(C#C[Si](C)(C)C)OC1CCCCO1. The van der Waals surface area contributed by atoms with E-state index >= 15 is 0 Å². The van der Waals surface area contributed by atoms with E-state index in [0.717, 1.165) is 25.9 Å². The van der Waals surface area contributed by atoms with Crippen molar-refractivity contribution in [3.63, 3.8) is 0 Å². The van der Waals surface area contributed by atoms with Gasteiger partial charge in [0.2, 0.25) is 0 Å². The zero-order valence-corrected chi connectivity index (χ0v) is 11.4. The number of hydrogen-bond donors (Lipinski definition) is 0. The third-order valence-electron chi connectivity index (χ3n) is 2.16. The third kappa shape index (κ3) is 5.37. The predicted octanol–water partition coefficient (Wildman–Crippen LogP) is 2.41. The Hall–Kier alpha value is -0.743. The summed E-state index contributed by atoms with van der Waals surface area (Å²) in [7, 11) is -1.38. The van der Waals surface area contributed by atoms with Crippen molar-refractivity contribution >= 4 is 8.07 Å². The summed E-state index contributed by atoms with van der Waals surface area (Å²) in [5.74, 6) is 5.60. The molecule has 0 N–H and O–H groups in total. The monoisotopic (exact) mass is 236 g/mol. The summed E-state index contributed by atoms with van der Waals surface area (Å²) < 4.78 is 11.1. The fraction of sp³-hybridized carbons (Fsp3) is 0.692. The van der Waals surface area contributed by atoms with E-state index < -0.39 is 14.2 Å². The van der Waals surface area contributed by atoms with Gasteiger partial charge in [0, 0.05) is 6.61 Å². The van der Waals surface area contributed by atoms with E-state index in [2.05, 4.69) is 37.0 Å². The van der Waals surface area contributed by atoms with Gasteiger partial charge in [-0.1, -0.05) is 31.5 Å². The van der Waals surface area contributed by atoms with E-state index in [4.69, 9.17) is 15.9 Å². The summed E-state index contributed by atoms with van der Waals surface area (Å²) in [5, 5.41) is 0. The molecule has 3 heteroatoms. The van der Waals surface area contributed by atoms with Gasteiger partial charge in [-0.15, -0.1) is 12.0 Å². The summed E-state index contributed by atoms with van der Waals surface area (Å²) in [6, 6.07) is 0. The lowest BCUT2D eigenvalue weighted by atomic mass is 10.2. The highest BCUT2D eigenvalue weighted by Gasteiger charge is 2.17. The molecule has 1 heterocycles. The van der Waals surface area contributed by atoms with Crippen LogP contribution in [-0.2, 0) is 9.47 Å². The van der Waals surface area contributed by atoms with Gasteiger partial charge in [0.05, 0.1) is 0 Å². The lowest BCUT2D eigenvalue weighted by molar-refractivity contribution is -0.166. The van der Waals surface area contributed by atoms with Gasteiger partial charge >= 0.3 is 0 Å². The summed E-state index contributed by atoms with van der Waals surface area (Å²) in [4.78, 5) is 0. The molecule has 88 valence electrons. The topological polar surface area (TPSA) is 18.5 Å². The summed E-state index contributed by atoms with van der Waals surface area (Å²) in [6.07, 6.45) is 8.00. The molecule has 2 unspecified atom stereocenters. The van der Waals surface area contributed by atoms with Crippen molar-refractivity contribution in [3.8, 4) is 23.8 Å². The molecule has 0 amide bonds. The number of ether oxygens (including phenoxy) is 2. The van der Waals surface area contributed by atoms with Crippen LogP contribution in [0.5, 0.6) is 0 Å². The molecule has 0 bridgehead atoms. The molecule has 0 radical (unpaired) electrons. The lowest BCUT2D eigenvalue weighted by Gasteiger charge is -2.23. The normalized spacial score (nSPS) is 22.8. The zero-order valence-electron chi connectivity index (χ0n) is 10.4. The molecule has 1 rings (SSSR count). The standard InChI is InChI=1S/C13H20O2Si/c1-5-12(9-11-16(2,3)4)15-13-8-6-7-10-14-13/h1,12-13H,6-8,10H2,2-4H3. The third-order valence-corrected chi connectivity index (χ3v) is 3.05. The van der Waals surface area contributed by atoms with Gasteiger partial charge in [-0.05, 0) is 19.3 Å². The Morgan fingerprint density at radius 2 is 2.12 bits per heavy atom. The highest BCUT2D eigenvalue weighted by molar-refractivity contribution is 6.83. The van der Waals surface area contributed by atoms with Crippen molar-refractivity contribution in [3.05, 3.63) is 0 Å². The largest absolute Gasteiger partial charge is 0.353 e. The van der Waals surface area contributed by atoms with E-state index in [0.29, 0.717) is 0 Å². The molecular weight excluding hydrogens is 216 g/mol. The molecule has 1 fully saturated rings. The van der Waals surface area contributed by atoms with Crippen LogP contribution in [0.3, 0.4) is 0 Å².